The topological polar surface area (TPSA) is 84.8 Å². The zero-order valence-electron chi connectivity index (χ0n) is 27.7. The second kappa shape index (κ2) is 14.2. The summed E-state index contributed by atoms with van der Waals surface area (Å²) in [7, 11) is -1.98. The predicted molar refractivity (Wildman–Crippen MR) is 182 cm³/mol. The fourth-order valence-electron chi connectivity index (χ4n) is 7.66. The number of methoxy groups -OCH3 is 1. The van der Waals surface area contributed by atoms with Crippen LogP contribution in [0.5, 0.6) is 5.75 Å². The number of ether oxygens (including phenoxy) is 2. The van der Waals surface area contributed by atoms with Crippen LogP contribution in [-0.4, -0.2) is 82.4 Å². The minimum absolute atomic E-state index is 0.114. The zero-order valence-corrected chi connectivity index (χ0v) is 28.5. The van der Waals surface area contributed by atoms with Crippen LogP contribution in [0.25, 0.3) is 10.9 Å². The molecule has 0 radical (unpaired) electrons. The minimum atomic E-state index is -4.42. The molecule has 0 unspecified atom stereocenters. The summed E-state index contributed by atoms with van der Waals surface area (Å²) >= 11 is 0. The molecule has 2 aromatic carbocycles. The van der Waals surface area contributed by atoms with Gasteiger partial charge in [-0.05, 0) is 106 Å². The molecule has 1 saturated carbocycles. The highest BCUT2D eigenvalue weighted by Crippen LogP contribution is 2.42. The standard InChI is InChI=1S/C36H45F3N4O4S/c1-46-34-24-29(48(2,44)45)12-13-32(34)40-18-4-5-28-23-30-31(6-3-7-33(30)43(28)25-36(37,38)39)41-26-8-10-27(11-9-26)42-19-14-35(15-20-42)16-21-47-22-17-35/h3,6-7,12-13,23-24,26-27,40-41H,8-11,14-22,25H2,1-2H3. The zero-order chi connectivity index (χ0) is 33.9. The van der Waals surface area contributed by atoms with Crippen LogP contribution in [0.3, 0.4) is 0 Å². The average Bonchev–Trinajstić information content (AvgIpc) is 3.40. The molecule has 3 aromatic rings. The average molecular weight is 687 g/mol. The Hall–Kier alpha value is -3.40. The quantitative estimate of drug-likeness (QED) is 0.256. The lowest BCUT2D eigenvalue weighted by molar-refractivity contribution is -0.140. The summed E-state index contributed by atoms with van der Waals surface area (Å²) in [5.74, 6) is 6.20. The van der Waals surface area contributed by atoms with Crippen molar-refractivity contribution >= 4 is 32.1 Å². The van der Waals surface area contributed by atoms with Gasteiger partial charge in [0, 0.05) is 48.7 Å². The third kappa shape index (κ3) is 8.07. The van der Waals surface area contributed by atoms with Gasteiger partial charge >= 0.3 is 6.18 Å². The van der Waals surface area contributed by atoms with E-state index < -0.39 is 22.6 Å². The van der Waals surface area contributed by atoms with Gasteiger partial charge in [0.2, 0.25) is 0 Å². The van der Waals surface area contributed by atoms with Gasteiger partial charge in [0.05, 0.1) is 35.4 Å². The van der Waals surface area contributed by atoms with Crippen LogP contribution >= 0.6 is 0 Å². The molecule has 0 bridgehead atoms. The van der Waals surface area contributed by atoms with Crippen LogP contribution in [0.1, 0.15) is 57.1 Å². The van der Waals surface area contributed by atoms with Crippen molar-refractivity contribution in [1.82, 2.24) is 9.47 Å². The van der Waals surface area contributed by atoms with E-state index >= 15 is 0 Å². The molecule has 6 rings (SSSR count). The van der Waals surface area contributed by atoms with Crippen molar-refractivity contribution in [2.75, 3.05) is 56.8 Å². The SMILES string of the molecule is COc1cc(S(C)(=O)=O)ccc1NCC#Cc1cc2c(NC3CCC(N4CCC5(CCOCC5)CC4)CC3)cccc2n1CC(F)(F)F. The molecule has 2 N–H and O–H groups in total. The van der Waals surface area contributed by atoms with E-state index in [-0.39, 0.29) is 23.2 Å². The number of piperidine rings is 1. The van der Waals surface area contributed by atoms with E-state index in [1.54, 1.807) is 24.3 Å². The van der Waals surface area contributed by atoms with E-state index in [0.29, 0.717) is 28.4 Å². The molecule has 48 heavy (non-hydrogen) atoms. The molecule has 8 nitrogen and oxygen atoms in total. The number of rotatable bonds is 8. The minimum Gasteiger partial charge on any atom is -0.495 e. The number of hydrogen-bond acceptors (Lipinski definition) is 7. The van der Waals surface area contributed by atoms with Crippen molar-refractivity contribution in [1.29, 1.82) is 0 Å². The number of halogens is 3. The van der Waals surface area contributed by atoms with Crippen LogP contribution < -0.4 is 15.4 Å². The third-order valence-electron chi connectivity index (χ3n) is 10.5. The lowest BCUT2D eigenvalue weighted by Crippen LogP contribution is -2.48. The number of benzene rings is 2. The van der Waals surface area contributed by atoms with Crippen LogP contribution in [0, 0.1) is 17.3 Å². The Kier molecular flexibility index (Phi) is 10.2. The van der Waals surface area contributed by atoms with Gasteiger partial charge in [0.15, 0.2) is 9.84 Å². The second-order valence-electron chi connectivity index (χ2n) is 13.6. The van der Waals surface area contributed by atoms with Crippen molar-refractivity contribution in [3.05, 3.63) is 48.2 Å². The summed E-state index contributed by atoms with van der Waals surface area (Å²) in [4.78, 5) is 2.81. The van der Waals surface area contributed by atoms with Gasteiger partial charge in [-0.1, -0.05) is 12.0 Å². The van der Waals surface area contributed by atoms with E-state index in [1.807, 2.05) is 6.07 Å². The largest absolute Gasteiger partial charge is 0.495 e. The molecular formula is C36H45F3N4O4S. The highest BCUT2D eigenvalue weighted by molar-refractivity contribution is 7.90. The number of sulfone groups is 1. The number of aromatic nitrogens is 1. The first-order valence-corrected chi connectivity index (χ1v) is 18.7. The Morgan fingerprint density at radius 1 is 1.00 bits per heavy atom. The summed E-state index contributed by atoms with van der Waals surface area (Å²) in [5.41, 5.74) is 2.59. The molecule has 0 amide bonds. The molecule has 3 fully saturated rings. The monoisotopic (exact) mass is 686 g/mol. The maximum absolute atomic E-state index is 13.7. The third-order valence-corrected chi connectivity index (χ3v) is 11.6. The van der Waals surface area contributed by atoms with E-state index in [0.717, 1.165) is 69.3 Å². The Morgan fingerprint density at radius 2 is 1.73 bits per heavy atom. The number of nitrogens with zero attached hydrogens (tertiary/aromatic N) is 2. The molecule has 3 aliphatic rings. The van der Waals surface area contributed by atoms with Gasteiger partial charge in [-0.15, -0.1) is 0 Å². The molecule has 2 saturated heterocycles. The first-order chi connectivity index (χ1) is 22.9. The van der Waals surface area contributed by atoms with E-state index in [2.05, 4.69) is 27.4 Å². The fourth-order valence-corrected chi connectivity index (χ4v) is 8.30. The molecule has 1 spiro atoms. The van der Waals surface area contributed by atoms with Crippen LogP contribution in [0.15, 0.2) is 47.4 Å². The number of fused-ring (bicyclic) bond motifs is 1. The first-order valence-electron chi connectivity index (χ1n) is 16.8. The number of nitrogens with one attached hydrogen (secondary N) is 2. The Bertz CT molecular complexity index is 1750. The predicted octanol–water partition coefficient (Wildman–Crippen LogP) is 6.70. The Labute approximate surface area is 281 Å². The van der Waals surface area contributed by atoms with E-state index in [1.165, 1.54) is 49.5 Å². The van der Waals surface area contributed by atoms with E-state index in [9.17, 15) is 21.6 Å². The van der Waals surface area contributed by atoms with E-state index in [4.69, 9.17) is 9.47 Å². The fraction of sp³-hybridized carbons (Fsp3) is 0.556. The lowest BCUT2D eigenvalue weighted by atomic mass is 9.72. The smallest absolute Gasteiger partial charge is 0.406 e. The summed E-state index contributed by atoms with van der Waals surface area (Å²) in [6.45, 7) is 3.09. The maximum Gasteiger partial charge on any atom is 0.406 e. The lowest BCUT2D eigenvalue weighted by Gasteiger charge is -2.47. The van der Waals surface area contributed by atoms with Gasteiger partial charge in [0.25, 0.3) is 0 Å². The summed E-state index contributed by atoms with van der Waals surface area (Å²) in [5, 5.41) is 7.47. The van der Waals surface area contributed by atoms with Crippen molar-refractivity contribution in [2.24, 2.45) is 5.41 Å². The van der Waals surface area contributed by atoms with Gasteiger partial charge in [-0.25, -0.2) is 8.42 Å². The molecule has 1 aliphatic carbocycles. The molecule has 2 aliphatic heterocycles. The van der Waals surface area contributed by atoms with Crippen molar-refractivity contribution < 1.29 is 31.1 Å². The molecule has 1 aromatic heterocycles. The van der Waals surface area contributed by atoms with Crippen molar-refractivity contribution in [3.63, 3.8) is 0 Å². The van der Waals surface area contributed by atoms with Crippen molar-refractivity contribution in [2.45, 2.75) is 81.1 Å². The van der Waals surface area contributed by atoms with Gasteiger partial charge in [0.1, 0.15) is 12.3 Å². The van der Waals surface area contributed by atoms with Gasteiger partial charge in [-0.3, -0.25) is 0 Å². The molecular weight excluding hydrogens is 641 g/mol. The normalized spacial score (nSPS) is 21.9. The molecule has 12 heteroatoms. The summed E-state index contributed by atoms with van der Waals surface area (Å²) in [6.07, 6.45) is 5.87. The van der Waals surface area contributed by atoms with Gasteiger partial charge in [-0.2, -0.15) is 13.2 Å². The highest BCUT2D eigenvalue weighted by Gasteiger charge is 2.38. The van der Waals surface area contributed by atoms with Crippen LogP contribution in [0.4, 0.5) is 24.5 Å². The molecule has 3 heterocycles. The van der Waals surface area contributed by atoms with Gasteiger partial charge < -0.3 is 29.6 Å². The molecule has 260 valence electrons. The van der Waals surface area contributed by atoms with Crippen molar-refractivity contribution in [3.8, 4) is 17.6 Å². The number of anilines is 2. The van der Waals surface area contributed by atoms with Crippen LogP contribution in [-0.2, 0) is 21.1 Å². The number of likely N-dealkylation sites (tertiary alicyclic amines) is 1. The number of hydrogen-bond donors (Lipinski definition) is 2. The van der Waals surface area contributed by atoms with Crippen LogP contribution in [0.2, 0.25) is 0 Å². The highest BCUT2D eigenvalue weighted by atomic mass is 32.2. The molecule has 0 atom stereocenters. The Morgan fingerprint density at radius 3 is 2.40 bits per heavy atom. The first kappa shape index (κ1) is 34.5. The second-order valence-corrected chi connectivity index (χ2v) is 15.6. The summed E-state index contributed by atoms with van der Waals surface area (Å²) < 4.78 is 77.2. The Balaban J connectivity index is 1.12. The summed E-state index contributed by atoms with van der Waals surface area (Å²) in [6, 6.07) is 12.5. The number of alkyl halides is 3. The maximum atomic E-state index is 13.7.